The molecule has 142 valence electrons. The van der Waals surface area contributed by atoms with E-state index in [-0.39, 0.29) is 0 Å². The topological polar surface area (TPSA) is 20.2 Å². The summed E-state index contributed by atoms with van der Waals surface area (Å²) in [6.45, 7) is 11.7. The third kappa shape index (κ3) is 2.72. The van der Waals surface area contributed by atoms with E-state index in [1.54, 1.807) is 0 Å². The molecule has 25 heavy (non-hydrogen) atoms. The van der Waals surface area contributed by atoms with Crippen molar-refractivity contribution in [2.75, 3.05) is 5.33 Å². The van der Waals surface area contributed by atoms with Crippen LogP contribution in [0.5, 0.6) is 0 Å². The predicted octanol–water partition coefficient (Wildman–Crippen LogP) is 6.35. The van der Waals surface area contributed by atoms with E-state index in [4.69, 9.17) is 0 Å². The van der Waals surface area contributed by atoms with E-state index in [0.717, 1.165) is 47.8 Å². The molecule has 0 radical (unpaired) electrons. The van der Waals surface area contributed by atoms with Gasteiger partial charge in [-0.25, -0.2) is 0 Å². The van der Waals surface area contributed by atoms with Gasteiger partial charge in [0.2, 0.25) is 0 Å². The van der Waals surface area contributed by atoms with Gasteiger partial charge in [-0.05, 0) is 105 Å². The lowest BCUT2D eigenvalue weighted by Crippen LogP contribution is -2.55. The van der Waals surface area contributed by atoms with Crippen LogP contribution in [-0.4, -0.2) is 16.0 Å². The van der Waals surface area contributed by atoms with Crippen LogP contribution in [0.25, 0.3) is 0 Å². The highest BCUT2D eigenvalue weighted by atomic mass is 79.9. The first-order valence-corrected chi connectivity index (χ1v) is 11.8. The molecule has 4 aliphatic carbocycles. The molecule has 1 N–H and O–H groups in total. The summed E-state index contributed by atoms with van der Waals surface area (Å²) >= 11 is 3.68. The first-order chi connectivity index (χ1) is 11.7. The molecule has 1 nitrogen and oxygen atoms in total. The Labute approximate surface area is 163 Å². The summed E-state index contributed by atoms with van der Waals surface area (Å²) < 4.78 is 0. The van der Waals surface area contributed by atoms with Crippen LogP contribution in [0, 0.1) is 40.4 Å². The number of aliphatic hydroxyl groups is 1. The van der Waals surface area contributed by atoms with Crippen molar-refractivity contribution in [2.24, 2.45) is 40.4 Å². The lowest BCUT2D eigenvalue weighted by Gasteiger charge is -2.62. The molecule has 0 amide bonds. The number of alkyl halides is 1. The van der Waals surface area contributed by atoms with Gasteiger partial charge >= 0.3 is 0 Å². The van der Waals surface area contributed by atoms with E-state index in [9.17, 15) is 5.11 Å². The Bertz CT molecular complexity index is 554. The molecule has 0 saturated heterocycles. The average Bonchev–Trinajstić information content (AvgIpc) is 2.92. The molecule has 4 saturated carbocycles. The minimum absolute atomic E-state index is 0.410. The van der Waals surface area contributed by atoms with Crippen LogP contribution < -0.4 is 0 Å². The number of halogens is 1. The summed E-state index contributed by atoms with van der Waals surface area (Å²) in [5.74, 6) is 4.21. The predicted molar refractivity (Wildman–Crippen MR) is 109 cm³/mol. The van der Waals surface area contributed by atoms with E-state index in [2.05, 4.69) is 43.3 Å². The summed E-state index contributed by atoms with van der Waals surface area (Å²) in [6.07, 6.45) is 11.7. The number of allylic oxidation sites excluding steroid dienone is 1. The van der Waals surface area contributed by atoms with Crippen LogP contribution in [0.4, 0.5) is 0 Å². The maximum Gasteiger partial charge on any atom is 0.0622 e. The Morgan fingerprint density at radius 2 is 1.68 bits per heavy atom. The van der Waals surface area contributed by atoms with Gasteiger partial charge in [0.1, 0.15) is 0 Å². The Morgan fingerprint density at radius 1 is 0.960 bits per heavy atom. The van der Waals surface area contributed by atoms with Gasteiger partial charge < -0.3 is 5.11 Å². The minimum atomic E-state index is -0.410. The van der Waals surface area contributed by atoms with Crippen LogP contribution in [0.1, 0.15) is 78.6 Å². The molecule has 2 heteroatoms. The molecule has 4 rings (SSSR count). The van der Waals surface area contributed by atoms with Crippen LogP contribution in [-0.2, 0) is 0 Å². The molecule has 0 unspecified atom stereocenters. The summed E-state index contributed by atoms with van der Waals surface area (Å²) in [6, 6.07) is 0. The fourth-order valence-electron chi connectivity index (χ4n) is 8.19. The standard InChI is InChI=1S/C23H37BrO/c1-15(14-24)18-7-8-19-17-6-5-16-13-21(2,25)11-12-22(16,3)20(17)9-10-23(18,19)4/h16-20,25H,1,5-14H2,2-4H3/t16-,17+,18-,19+,20+,21-,22+,23-/m1/s1. The van der Waals surface area contributed by atoms with E-state index >= 15 is 0 Å². The molecule has 0 heterocycles. The average molecular weight is 409 g/mol. The second-order valence-electron chi connectivity index (χ2n) is 10.8. The van der Waals surface area contributed by atoms with Crippen molar-refractivity contribution >= 4 is 15.9 Å². The smallest absolute Gasteiger partial charge is 0.0622 e. The van der Waals surface area contributed by atoms with Crippen molar-refractivity contribution in [3.63, 3.8) is 0 Å². The molecular formula is C23H37BrO. The SMILES string of the molecule is C=C(CBr)[C@H]1CC[C@H]2[C@@H]3CC[C@@H]4C[C@](C)(O)CC[C@]4(C)[C@H]3CC[C@]12C. The Hall–Kier alpha value is 0.180. The number of rotatable bonds is 2. The Balaban J connectivity index is 1.59. The van der Waals surface area contributed by atoms with Crippen LogP contribution in [0.15, 0.2) is 12.2 Å². The summed E-state index contributed by atoms with van der Waals surface area (Å²) in [4.78, 5) is 0. The van der Waals surface area contributed by atoms with Crippen molar-refractivity contribution in [1.82, 2.24) is 0 Å². The normalized spacial score (nSPS) is 55.2. The van der Waals surface area contributed by atoms with Gasteiger partial charge in [-0.15, -0.1) is 0 Å². The zero-order chi connectivity index (χ0) is 18.0. The van der Waals surface area contributed by atoms with Crippen molar-refractivity contribution in [3.8, 4) is 0 Å². The highest BCUT2D eigenvalue weighted by molar-refractivity contribution is 9.09. The van der Waals surface area contributed by atoms with Crippen LogP contribution in [0.3, 0.4) is 0 Å². The van der Waals surface area contributed by atoms with Gasteiger partial charge in [0.25, 0.3) is 0 Å². The zero-order valence-electron chi connectivity index (χ0n) is 16.5. The van der Waals surface area contributed by atoms with Crippen molar-refractivity contribution in [1.29, 1.82) is 0 Å². The van der Waals surface area contributed by atoms with Crippen molar-refractivity contribution in [3.05, 3.63) is 12.2 Å². The molecule has 0 spiro atoms. The first-order valence-electron chi connectivity index (χ1n) is 10.7. The van der Waals surface area contributed by atoms with E-state index in [1.165, 1.54) is 50.5 Å². The molecule has 8 atom stereocenters. The van der Waals surface area contributed by atoms with E-state index in [1.807, 2.05) is 0 Å². The maximum absolute atomic E-state index is 10.6. The molecular weight excluding hydrogens is 372 g/mol. The highest BCUT2D eigenvalue weighted by Crippen LogP contribution is 2.68. The third-order valence-corrected chi connectivity index (χ3v) is 10.3. The van der Waals surface area contributed by atoms with E-state index < -0.39 is 5.60 Å². The molecule has 4 fully saturated rings. The largest absolute Gasteiger partial charge is 0.390 e. The molecule has 0 aliphatic heterocycles. The molecule has 0 aromatic rings. The zero-order valence-corrected chi connectivity index (χ0v) is 18.1. The van der Waals surface area contributed by atoms with Gasteiger partial charge in [0.05, 0.1) is 5.60 Å². The minimum Gasteiger partial charge on any atom is -0.390 e. The quantitative estimate of drug-likeness (QED) is 0.416. The molecule has 4 aliphatic rings. The van der Waals surface area contributed by atoms with Crippen LogP contribution in [0.2, 0.25) is 0 Å². The molecule has 0 aromatic heterocycles. The second-order valence-corrected chi connectivity index (χ2v) is 11.4. The second kappa shape index (κ2) is 6.09. The third-order valence-electron chi connectivity index (χ3n) is 9.62. The van der Waals surface area contributed by atoms with Gasteiger partial charge in [0.15, 0.2) is 0 Å². The number of hydrogen-bond donors (Lipinski definition) is 1. The van der Waals surface area contributed by atoms with Gasteiger partial charge in [-0.3, -0.25) is 0 Å². The van der Waals surface area contributed by atoms with Gasteiger partial charge in [-0.1, -0.05) is 41.9 Å². The van der Waals surface area contributed by atoms with Crippen LogP contribution >= 0.6 is 15.9 Å². The fourth-order valence-corrected chi connectivity index (χ4v) is 8.59. The fraction of sp³-hybridized carbons (Fsp3) is 0.913. The monoisotopic (exact) mass is 408 g/mol. The van der Waals surface area contributed by atoms with Gasteiger partial charge in [-0.2, -0.15) is 0 Å². The summed E-state index contributed by atoms with van der Waals surface area (Å²) in [5, 5.41) is 11.6. The summed E-state index contributed by atoms with van der Waals surface area (Å²) in [5.41, 5.74) is 2.01. The molecule has 0 aromatic carbocycles. The van der Waals surface area contributed by atoms with Crippen molar-refractivity contribution in [2.45, 2.75) is 84.2 Å². The van der Waals surface area contributed by atoms with Crippen molar-refractivity contribution < 1.29 is 5.11 Å². The Morgan fingerprint density at radius 3 is 2.40 bits per heavy atom. The van der Waals surface area contributed by atoms with Gasteiger partial charge in [0, 0.05) is 5.33 Å². The highest BCUT2D eigenvalue weighted by Gasteiger charge is 2.60. The molecule has 0 bridgehead atoms. The van der Waals surface area contributed by atoms with E-state index in [0.29, 0.717) is 10.8 Å². The first kappa shape index (κ1) is 18.5. The number of hydrogen-bond acceptors (Lipinski definition) is 1. The lowest BCUT2D eigenvalue weighted by atomic mass is 9.44. The lowest BCUT2D eigenvalue weighted by molar-refractivity contribution is -0.144. The Kier molecular flexibility index (Phi) is 4.52. The summed E-state index contributed by atoms with van der Waals surface area (Å²) in [7, 11) is 0. The maximum atomic E-state index is 10.6. The number of fused-ring (bicyclic) bond motifs is 5.